The summed E-state index contributed by atoms with van der Waals surface area (Å²) in [7, 11) is 10.7. The summed E-state index contributed by atoms with van der Waals surface area (Å²) < 4.78 is 24.4. The number of fused-ring (bicyclic) bond motifs is 5. The molecular weight excluding hydrogens is 1010 g/mol. The Morgan fingerprint density at radius 1 is 0.870 bits per heavy atom. The third-order valence-corrected chi connectivity index (χ3v) is 18.1. The van der Waals surface area contributed by atoms with Crippen LogP contribution in [-0.2, 0) is 35.6 Å². The van der Waals surface area contributed by atoms with Crippen LogP contribution in [0.1, 0.15) is 123 Å². The lowest BCUT2D eigenvalue weighted by molar-refractivity contribution is -0.118. The van der Waals surface area contributed by atoms with Crippen molar-refractivity contribution < 1.29 is 38.1 Å². The highest BCUT2D eigenvalue weighted by atomic mass is 33.1. The van der Waals surface area contributed by atoms with Crippen molar-refractivity contribution in [3.8, 4) is 23.0 Å². The molecular formula is C61H74N6O8S2. The van der Waals surface area contributed by atoms with Crippen molar-refractivity contribution in [2.24, 2.45) is 9.98 Å². The smallest absolute Gasteiger partial charge is 0.261 e. The Morgan fingerprint density at radius 3 is 2.12 bits per heavy atom. The number of likely N-dealkylation sites (N-methyl/N-ethyl adjacent to an activating group) is 1. The van der Waals surface area contributed by atoms with Gasteiger partial charge in [-0.15, -0.1) is 0 Å². The second-order valence-electron chi connectivity index (χ2n) is 20.2. The van der Waals surface area contributed by atoms with E-state index >= 15 is 0 Å². The van der Waals surface area contributed by atoms with Crippen LogP contribution >= 0.6 is 21.6 Å². The third-order valence-electron chi connectivity index (χ3n) is 14.2. The van der Waals surface area contributed by atoms with E-state index < -0.39 is 0 Å². The second kappa shape index (κ2) is 27.0. The van der Waals surface area contributed by atoms with Gasteiger partial charge in [0.05, 0.1) is 43.2 Å². The number of para-hydroxylation sites is 2. The number of aldehydes is 1. The average Bonchev–Trinajstić information content (AvgIpc) is 3.94. The van der Waals surface area contributed by atoms with Gasteiger partial charge in [-0.25, -0.2) is 0 Å². The van der Waals surface area contributed by atoms with E-state index in [9.17, 15) is 19.2 Å². The maximum Gasteiger partial charge on any atom is 0.261 e. The number of nitrogens with one attached hydrogen (secondary N) is 1. The Kier molecular flexibility index (Phi) is 20.3. The molecule has 77 heavy (non-hydrogen) atoms. The van der Waals surface area contributed by atoms with Crippen molar-refractivity contribution in [1.29, 1.82) is 0 Å². The van der Waals surface area contributed by atoms with Gasteiger partial charge in [0.25, 0.3) is 5.91 Å². The number of benzene rings is 5. The molecule has 3 aliphatic heterocycles. The van der Waals surface area contributed by atoms with Crippen molar-refractivity contribution in [3.05, 3.63) is 124 Å². The molecule has 0 bridgehead atoms. The van der Waals surface area contributed by atoms with Crippen molar-refractivity contribution in [2.45, 2.75) is 134 Å². The Balaban J connectivity index is 0.000000996. The fraction of sp³-hybridized carbons (Fsp3) is 0.410. The normalized spacial score (nSPS) is 15.6. The van der Waals surface area contributed by atoms with Crippen LogP contribution < -0.4 is 39.0 Å². The van der Waals surface area contributed by atoms with Crippen molar-refractivity contribution in [1.82, 2.24) is 5.32 Å². The first-order valence-electron chi connectivity index (χ1n) is 26.5. The van der Waals surface area contributed by atoms with Gasteiger partial charge in [0.1, 0.15) is 13.2 Å². The molecule has 14 nitrogen and oxygen atoms in total. The minimum Gasteiger partial charge on any atom is -0.493 e. The predicted molar refractivity (Wildman–Crippen MR) is 316 cm³/mol. The molecule has 0 saturated heterocycles. The van der Waals surface area contributed by atoms with Gasteiger partial charge in [-0.2, -0.15) is 0 Å². The Labute approximate surface area is 462 Å². The van der Waals surface area contributed by atoms with Gasteiger partial charge in [-0.3, -0.25) is 34.1 Å². The summed E-state index contributed by atoms with van der Waals surface area (Å²) in [6, 6.07) is 29.1. The molecule has 8 rings (SSSR count). The van der Waals surface area contributed by atoms with Crippen molar-refractivity contribution in [3.63, 3.8) is 0 Å². The number of anilines is 3. The summed E-state index contributed by atoms with van der Waals surface area (Å²) in [5.41, 5.74) is 8.37. The number of carbonyl (C=O) groups excluding carboxylic acids is 4. The summed E-state index contributed by atoms with van der Waals surface area (Å²) in [5.74, 6) is 1.45. The van der Waals surface area contributed by atoms with Gasteiger partial charge in [0.15, 0.2) is 29.3 Å². The summed E-state index contributed by atoms with van der Waals surface area (Å²) in [6.45, 7) is 13.2. The van der Waals surface area contributed by atoms with E-state index in [0.29, 0.717) is 81.7 Å². The number of hydrogen-bond acceptors (Lipinski definition) is 13. The molecule has 5 aromatic rings. The monoisotopic (exact) mass is 1080 g/mol. The van der Waals surface area contributed by atoms with Crippen LogP contribution in [0.4, 0.5) is 28.4 Å². The molecule has 0 aliphatic carbocycles. The molecule has 3 heterocycles. The Hall–Kier alpha value is -6.78. The minimum absolute atomic E-state index is 0.0112. The van der Waals surface area contributed by atoms with E-state index in [2.05, 4.69) is 63.9 Å². The molecule has 408 valence electrons. The Bertz CT molecular complexity index is 2940. The fourth-order valence-corrected chi connectivity index (χ4v) is 12.3. The quantitative estimate of drug-likeness (QED) is 0.0357. The number of nitrogens with zero attached hydrogens (tertiary/aromatic N) is 5. The molecule has 0 saturated carbocycles. The van der Waals surface area contributed by atoms with Crippen LogP contribution in [0, 0.1) is 0 Å². The lowest BCUT2D eigenvalue weighted by Gasteiger charge is -2.26. The van der Waals surface area contributed by atoms with Gasteiger partial charge >= 0.3 is 0 Å². The minimum atomic E-state index is -0.196. The standard InChI is InChI=1S/C55H61N5O7S2.C6H13NO/c1-9-14-35(2)68-69-55(3,4)20-19-53(62)59(6)41-22-36(33-66-51-28-45(40(32-61)26-49(51)64-7)56-30-42-24-38-15-10-12-17-47(38)58(42)5)21-37(23-41)34-67-52-29-46-44(27-50(52)65-8)54(63)60-43(31-57-46)25-39-16-11-13-18-48(39)60;1-3-6(4-2)7-5-8/h10-13,15-18,21-23,26-32,35,42-43H,9,14,19-20,24-25,33-34H2,1-8H3;5-6H,3-4H2,1-2H3,(H,7,8)/t35?,42?,43-;/m0./s1. The van der Waals surface area contributed by atoms with E-state index in [4.69, 9.17) is 28.9 Å². The van der Waals surface area contributed by atoms with Crippen LogP contribution in [0.3, 0.4) is 0 Å². The van der Waals surface area contributed by atoms with Gasteiger partial charge < -0.3 is 34.1 Å². The molecule has 0 radical (unpaired) electrons. The number of carbonyl (C=O) groups is 4. The highest BCUT2D eigenvalue weighted by molar-refractivity contribution is 8.77. The van der Waals surface area contributed by atoms with Gasteiger partial charge in [-0.1, -0.05) is 92.1 Å². The van der Waals surface area contributed by atoms with Gasteiger partial charge in [-0.05, 0) is 111 Å². The average molecular weight is 1080 g/mol. The number of methoxy groups -OCH3 is 2. The number of amides is 3. The topological polar surface area (TPSA) is 152 Å². The zero-order valence-corrected chi connectivity index (χ0v) is 47.8. The van der Waals surface area contributed by atoms with E-state index in [1.807, 2.05) is 95.7 Å². The fourth-order valence-electron chi connectivity index (χ4n) is 9.59. The summed E-state index contributed by atoms with van der Waals surface area (Å²) in [5, 5.41) is 3.24. The van der Waals surface area contributed by atoms with Crippen LogP contribution in [0.25, 0.3) is 0 Å². The van der Waals surface area contributed by atoms with Gasteiger partial charge in [0.2, 0.25) is 12.3 Å². The molecule has 3 amide bonds. The molecule has 3 atom stereocenters. The van der Waals surface area contributed by atoms with E-state index in [1.54, 1.807) is 48.2 Å². The maximum atomic E-state index is 14.1. The highest BCUT2D eigenvalue weighted by Crippen LogP contribution is 2.44. The number of rotatable bonds is 24. The summed E-state index contributed by atoms with van der Waals surface area (Å²) in [4.78, 5) is 65.5. The van der Waals surface area contributed by atoms with Crippen LogP contribution in [0.15, 0.2) is 101 Å². The molecule has 1 N–H and O–H groups in total. The van der Waals surface area contributed by atoms with Gasteiger partial charge in [0, 0.05) is 90.2 Å². The lowest BCUT2D eigenvalue weighted by Crippen LogP contribution is -2.37. The third kappa shape index (κ3) is 14.4. The van der Waals surface area contributed by atoms with E-state index in [-0.39, 0.29) is 41.9 Å². The Morgan fingerprint density at radius 2 is 1.51 bits per heavy atom. The molecule has 0 fully saturated rings. The number of hydrogen-bond donors (Lipinski definition) is 1. The van der Waals surface area contributed by atoms with Crippen molar-refractivity contribution in [2.75, 3.05) is 43.0 Å². The zero-order valence-electron chi connectivity index (χ0n) is 46.2. The molecule has 0 aromatic heterocycles. The highest BCUT2D eigenvalue weighted by Gasteiger charge is 2.37. The first-order valence-corrected chi connectivity index (χ1v) is 28.7. The molecule has 16 heteroatoms. The largest absolute Gasteiger partial charge is 0.493 e. The second-order valence-corrected chi connectivity index (χ2v) is 23.6. The molecule has 5 aromatic carbocycles. The number of aliphatic imine (C=N–C) groups is 2. The SMILES string of the molecule is CCC(CC)NC=O.CCCC(C)SSC(C)(C)CCC(=O)N(C)c1cc(COc2cc(N=CC3Cc4ccccc4N3C)c(C=O)cc2OC)cc(COc2cc3c(cc2OC)C(=O)N2c4ccccc4C[C@H]2C=N3)c1. The molecule has 2 unspecified atom stereocenters. The zero-order chi connectivity index (χ0) is 55.2. The summed E-state index contributed by atoms with van der Waals surface area (Å²) >= 11 is 0. The van der Waals surface area contributed by atoms with Crippen LogP contribution in [0.2, 0.25) is 0 Å². The van der Waals surface area contributed by atoms with Crippen molar-refractivity contribution >= 4 is 87.0 Å². The lowest BCUT2D eigenvalue weighted by atomic mass is 10.1. The molecule has 3 aliphatic rings. The molecule has 0 spiro atoms. The van der Waals surface area contributed by atoms with E-state index in [1.165, 1.54) is 12.7 Å². The number of ether oxygens (including phenoxy) is 4. The predicted octanol–water partition coefficient (Wildman–Crippen LogP) is 12.7. The first kappa shape index (κ1) is 57.9. The van der Waals surface area contributed by atoms with Crippen LogP contribution in [0.5, 0.6) is 23.0 Å². The van der Waals surface area contributed by atoms with E-state index in [0.717, 1.165) is 72.9 Å². The first-order chi connectivity index (χ1) is 37.1. The van der Waals surface area contributed by atoms with Crippen LogP contribution in [-0.4, -0.2) is 93.4 Å². The summed E-state index contributed by atoms with van der Waals surface area (Å²) in [6.07, 6.45) is 12.2. The maximum absolute atomic E-state index is 14.1.